The van der Waals surface area contributed by atoms with Crippen LogP contribution in [0.4, 0.5) is 0 Å². The molecule has 0 amide bonds. The lowest BCUT2D eigenvalue weighted by atomic mass is 9.78. The smallest absolute Gasteiger partial charge is 0.119 e. The summed E-state index contributed by atoms with van der Waals surface area (Å²) in [6.07, 6.45) is 0.773. The Bertz CT molecular complexity index is 693. The first kappa shape index (κ1) is 19.5. The lowest BCUT2D eigenvalue weighted by molar-refractivity contribution is 0.277. The van der Waals surface area contributed by atoms with Crippen LogP contribution in [-0.4, -0.2) is 16.8 Å². The molecule has 2 aromatic rings. The molecule has 4 N–H and O–H groups in total. The Balaban J connectivity index is 2.75. The van der Waals surface area contributed by atoms with E-state index >= 15 is 0 Å². The average Bonchev–Trinajstić information content (AvgIpc) is 2.59. The second kappa shape index (κ2) is 8.50. The molecule has 2 rings (SSSR count). The first-order valence-corrected chi connectivity index (χ1v) is 9.16. The predicted octanol–water partition coefficient (Wildman–Crippen LogP) is 4.61. The van der Waals surface area contributed by atoms with E-state index in [1.807, 2.05) is 24.3 Å². The highest BCUT2D eigenvalue weighted by atomic mass is 16.3. The van der Waals surface area contributed by atoms with Gasteiger partial charge in [-0.15, -0.1) is 0 Å². The maximum atomic E-state index is 10.8. The first-order chi connectivity index (χ1) is 11.9. The van der Waals surface area contributed by atoms with Gasteiger partial charge in [0.15, 0.2) is 0 Å². The Labute approximate surface area is 151 Å². The molecule has 0 saturated heterocycles. The molecule has 3 heteroatoms. The van der Waals surface area contributed by atoms with Gasteiger partial charge in [-0.05, 0) is 53.1 Å². The van der Waals surface area contributed by atoms with Gasteiger partial charge in [0.25, 0.3) is 0 Å². The van der Waals surface area contributed by atoms with Crippen LogP contribution in [0.3, 0.4) is 0 Å². The van der Waals surface area contributed by atoms with E-state index in [1.165, 1.54) is 0 Å². The molecule has 1 unspecified atom stereocenters. The molecule has 1 atom stereocenters. The van der Waals surface area contributed by atoms with Crippen LogP contribution in [0.5, 0.6) is 5.75 Å². The molecular weight excluding hydrogens is 310 g/mol. The molecule has 0 bridgehead atoms. The summed E-state index contributed by atoms with van der Waals surface area (Å²) < 4.78 is 0. The molecule has 3 nitrogen and oxygen atoms in total. The fourth-order valence-electron chi connectivity index (χ4n) is 3.88. The van der Waals surface area contributed by atoms with Gasteiger partial charge in [0.2, 0.25) is 0 Å². The van der Waals surface area contributed by atoms with Gasteiger partial charge in [-0.25, -0.2) is 0 Å². The molecule has 0 aliphatic rings. The number of aliphatic hydroxyl groups is 1. The predicted molar refractivity (Wildman–Crippen MR) is 104 cm³/mol. The molecule has 0 radical (unpaired) electrons. The molecule has 0 heterocycles. The van der Waals surface area contributed by atoms with Crippen molar-refractivity contribution in [3.8, 4) is 5.75 Å². The molecule has 0 aliphatic carbocycles. The molecule has 25 heavy (non-hydrogen) atoms. The minimum absolute atomic E-state index is 0.0310. The highest BCUT2D eigenvalue weighted by Crippen LogP contribution is 2.42. The molecular formula is C22H31NO2. The van der Waals surface area contributed by atoms with Crippen molar-refractivity contribution in [2.75, 3.05) is 6.54 Å². The van der Waals surface area contributed by atoms with Crippen molar-refractivity contribution in [3.05, 3.63) is 64.2 Å². The van der Waals surface area contributed by atoms with Gasteiger partial charge in [-0.3, -0.25) is 0 Å². The summed E-state index contributed by atoms with van der Waals surface area (Å²) in [5, 5.41) is 21.0. The first-order valence-electron chi connectivity index (χ1n) is 9.16. The fourth-order valence-corrected chi connectivity index (χ4v) is 3.88. The summed E-state index contributed by atoms with van der Waals surface area (Å²) in [7, 11) is 0. The number of hydrogen-bond acceptors (Lipinski definition) is 3. The zero-order valence-corrected chi connectivity index (χ0v) is 15.8. The Hall–Kier alpha value is -1.84. The molecule has 0 aliphatic heterocycles. The largest absolute Gasteiger partial charge is 0.508 e. The maximum Gasteiger partial charge on any atom is 0.119 e. The van der Waals surface area contributed by atoms with Crippen LogP contribution in [0.25, 0.3) is 0 Å². The van der Waals surface area contributed by atoms with Crippen molar-refractivity contribution < 1.29 is 10.2 Å². The summed E-state index contributed by atoms with van der Waals surface area (Å²) in [5.74, 6) is 0.808. The van der Waals surface area contributed by atoms with Crippen LogP contribution in [-0.2, 0) is 6.61 Å². The highest BCUT2D eigenvalue weighted by molar-refractivity contribution is 5.54. The number of rotatable bonds is 7. The van der Waals surface area contributed by atoms with Crippen LogP contribution in [0.1, 0.15) is 79.7 Å². The third kappa shape index (κ3) is 4.05. The Morgan fingerprint density at radius 3 is 2.04 bits per heavy atom. The summed E-state index contributed by atoms with van der Waals surface area (Å²) in [6, 6.07) is 12.1. The molecule has 0 aromatic heterocycles. The van der Waals surface area contributed by atoms with E-state index in [0.717, 1.165) is 34.2 Å². The molecule has 0 saturated carbocycles. The standard InChI is InChI=1S/C22H31NO2/c1-14(2)21-19(13-24)18(12-20(25)22(21)15(3)4)17(10-11-23)16-8-6-5-7-9-16/h5-9,12,14-15,17,24-25H,10-11,13,23H2,1-4H3. The Kier molecular flexibility index (Phi) is 6.63. The van der Waals surface area contributed by atoms with Gasteiger partial charge in [-0.1, -0.05) is 58.0 Å². The van der Waals surface area contributed by atoms with Crippen LogP contribution in [0.2, 0.25) is 0 Å². The van der Waals surface area contributed by atoms with Gasteiger partial charge >= 0.3 is 0 Å². The SMILES string of the molecule is CC(C)c1c(O)cc(C(CCN)c2ccccc2)c(CO)c1C(C)C. The Morgan fingerprint density at radius 1 is 0.960 bits per heavy atom. The third-order valence-corrected chi connectivity index (χ3v) is 4.88. The molecule has 0 spiro atoms. The third-order valence-electron chi connectivity index (χ3n) is 4.88. The van der Waals surface area contributed by atoms with E-state index in [0.29, 0.717) is 12.3 Å². The number of benzene rings is 2. The summed E-state index contributed by atoms with van der Waals surface area (Å²) in [6.45, 7) is 8.91. The summed E-state index contributed by atoms with van der Waals surface area (Å²) >= 11 is 0. The lowest BCUT2D eigenvalue weighted by Gasteiger charge is -2.27. The summed E-state index contributed by atoms with van der Waals surface area (Å²) in [4.78, 5) is 0. The van der Waals surface area contributed by atoms with E-state index in [2.05, 4.69) is 39.8 Å². The van der Waals surface area contributed by atoms with Crippen LogP contribution >= 0.6 is 0 Å². The number of aliphatic hydroxyl groups excluding tert-OH is 1. The van der Waals surface area contributed by atoms with Gasteiger partial charge in [0.1, 0.15) is 5.75 Å². The molecule has 0 fully saturated rings. The number of nitrogens with two attached hydrogens (primary N) is 1. The minimum Gasteiger partial charge on any atom is -0.508 e. The monoisotopic (exact) mass is 341 g/mol. The van der Waals surface area contributed by atoms with Gasteiger partial charge in [-0.2, -0.15) is 0 Å². The van der Waals surface area contributed by atoms with Crippen molar-refractivity contribution in [1.29, 1.82) is 0 Å². The topological polar surface area (TPSA) is 66.5 Å². The number of aromatic hydroxyl groups is 1. The van der Waals surface area contributed by atoms with Gasteiger partial charge in [0, 0.05) is 11.5 Å². The maximum absolute atomic E-state index is 10.8. The van der Waals surface area contributed by atoms with Crippen molar-refractivity contribution in [2.24, 2.45) is 5.73 Å². The number of phenols is 1. The van der Waals surface area contributed by atoms with E-state index in [4.69, 9.17) is 5.73 Å². The van der Waals surface area contributed by atoms with Crippen molar-refractivity contribution in [3.63, 3.8) is 0 Å². The Morgan fingerprint density at radius 2 is 1.56 bits per heavy atom. The highest BCUT2D eigenvalue weighted by Gasteiger charge is 2.25. The van der Waals surface area contributed by atoms with Crippen molar-refractivity contribution >= 4 is 0 Å². The second-order valence-electron chi connectivity index (χ2n) is 7.30. The summed E-state index contributed by atoms with van der Waals surface area (Å²) in [5.41, 5.74) is 11.0. The van der Waals surface area contributed by atoms with Gasteiger partial charge < -0.3 is 15.9 Å². The zero-order valence-electron chi connectivity index (χ0n) is 15.8. The zero-order chi connectivity index (χ0) is 18.6. The average molecular weight is 341 g/mol. The fraction of sp³-hybridized carbons (Fsp3) is 0.455. The van der Waals surface area contributed by atoms with E-state index < -0.39 is 0 Å². The minimum atomic E-state index is -0.0310. The molecule has 136 valence electrons. The van der Waals surface area contributed by atoms with E-state index in [1.54, 1.807) is 0 Å². The number of hydrogen-bond donors (Lipinski definition) is 3. The number of phenolic OH excluding ortho intramolecular Hbond substituents is 1. The normalized spacial score (nSPS) is 12.8. The van der Waals surface area contributed by atoms with Crippen LogP contribution in [0, 0.1) is 0 Å². The second-order valence-corrected chi connectivity index (χ2v) is 7.30. The van der Waals surface area contributed by atoms with Crippen molar-refractivity contribution in [2.45, 2.75) is 58.5 Å². The molecule has 2 aromatic carbocycles. The van der Waals surface area contributed by atoms with Crippen LogP contribution < -0.4 is 5.73 Å². The van der Waals surface area contributed by atoms with Gasteiger partial charge in [0.05, 0.1) is 6.61 Å². The van der Waals surface area contributed by atoms with E-state index in [-0.39, 0.29) is 24.4 Å². The van der Waals surface area contributed by atoms with E-state index in [9.17, 15) is 10.2 Å². The quantitative estimate of drug-likeness (QED) is 0.689. The van der Waals surface area contributed by atoms with Crippen LogP contribution in [0.15, 0.2) is 36.4 Å². The lowest BCUT2D eigenvalue weighted by Crippen LogP contribution is -2.14. The van der Waals surface area contributed by atoms with Crippen molar-refractivity contribution in [1.82, 2.24) is 0 Å².